The lowest BCUT2D eigenvalue weighted by Gasteiger charge is -2.18. The van der Waals surface area contributed by atoms with Crippen molar-refractivity contribution in [2.45, 2.75) is 32.1 Å². The molecule has 36 heavy (non-hydrogen) atoms. The topological polar surface area (TPSA) is 80.9 Å². The van der Waals surface area contributed by atoms with E-state index < -0.39 is 11.9 Å². The van der Waals surface area contributed by atoms with Crippen LogP contribution in [0.3, 0.4) is 0 Å². The Hall–Kier alpha value is -4.45. The molecule has 4 aromatic rings. The maximum absolute atomic E-state index is 13.4. The van der Waals surface area contributed by atoms with Crippen LogP contribution in [0, 0.1) is 6.92 Å². The molecule has 6 nitrogen and oxygen atoms in total. The number of benzene rings is 3. The summed E-state index contributed by atoms with van der Waals surface area (Å²) in [5.41, 5.74) is 6.70. The average Bonchev–Trinajstić information content (AvgIpc) is 3.26. The molecule has 0 saturated carbocycles. The molecule has 1 aliphatic rings. The Labute approximate surface area is 209 Å². The highest BCUT2D eigenvalue weighted by Gasteiger charge is 2.29. The molecule has 1 heterocycles. The lowest BCUT2D eigenvalue weighted by molar-refractivity contribution is -0.121. The van der Waals surface area contributed by atoms with Crippen LogP contribution in [-0.2, 0) is 11.2 Å². The molecule has 3 aromatic carbocycles. The highest BCUT2D eigenvalue weighted by Crippen LogP contribution is 2.31. The summed E-state index contributed by atoms with van der Waals surface area (Å²) in [4.78, 5) is 26.2. The summed E-state index contributed by atoms with van der Waals surface area (Å²) in [6.07, 6.45) is 2.17. The number of ether oxygens (including phenoxy) is 1. The average molecular weight is 479 g/mol. The van der Waals surface area contributed by atoms with Crippen molar-refractivity contribution in [1.29, 1.82) is 0 Å². The number of carbonyl (C=O) groups excluding carboxylic acids is 2. The Kier molecular flexibility index (Phi) is 6.76. The number of nitrogens with zero attached hydrogens (tertiary/aromatic N) is 1. The van der Waals surface area contributed by atoms with Crippen molar-refractivity contribution >= 4 is 17.6 Å². The summed E-state index contributed by atoms with van der Waals surface area (Å²) in [6, 6.07) is 28.2. The molecule has 1 N–H and O–H groups in total. The zero-order valence-electron chi connectivity index (χ0n) is 19.9. The zero-order valence-corrected chi connectivity index (χ0v) is 19.9. The Morgan fingerprint density at radius 3 is 2.06 bits per heavy atom. The minimum absolute atomic E-state index is 0.163. The largest absolute Gasteiger partial charge is 0.453 e. The van der Waals surface area contributed by atoms with Gasteiger partial charge in [-0.25, -0.2) is 10.2 Å². The van der Waals surface area contributed by atoms with Crippen molar-refractivity contribution in [3.63, 3.8) is 0 Å². The van der Waals surface area contributed by atoms with Crippen molar-refractivity contribution in [1.82, 2.24) is 5.43 Å². The van der Waals surface area contributed by atoms with E-state index in [9.17, 15) is 9.59 Å². The van der Waals surface area contributed by atoms with Gasteiger partial charge < -0.3 is 9.15 Å². The Balaban J connectivity index is 1.41. The number of hydrazone groups is 1. The maximum atomic E-state index is 13.4. The van der Waals surface area contributed by atoms with Gasteiger partial charge in [0.05, 0.1) is 11.6 Å². The van der Waals surface area contributed by atoms with Crippen molar-refractivity contribution in [2.24, 2.45) is 5.10 Å². The standard InChI is InChI=1S/C30H26N2O4/c1-20-26-24(18-11-19-25(26)36-28(20)30(34)35-23-16-9-4-10-17-23)31-32-29(33)27(21-12-5-2-6-13-21)22-14-7-3-8-15-22/h2-10,12-17,27H,11,18-19H2,1H3,(H,32,33)/b31-24+. The number of para-hydroxylation sites is 1. The Bertz CT molecular complexity index is 1350. The normalized spacial score (nSPS) is 13.9. The van der Waals surface area contributed by atoms with Crippen molar-refractivity contribution in [3.8, 4) is 5.75 Å². The van der Waals surface area contributed by atoms with Gasteiger partial charge in [-0.1, -0.05) is 78.9 Å². The number of hydrogen-bond acceptors (Lipinski definition) is 5. The number of furan rings is 1. The second kappa shape index (κ2) is 10.4. The second-order valence-electron chi connectivity index (χ2n) is 8.70. The first kappa shape index (κ1) is 23.3. The predicted octanol–water partition coefficient (Wildman–Crippen LogP) is 5.80. The Morgan fingerprint density at radius 1 is 0.861 bits per heavy atom. The van der Waals surface area contributed by atoms with Crippen LogP contribution in [0.25, 0.3) is 0 Å². The summed E-state index contributed by atoms with van der Waals surface area (Å²) >= 11 is 0. The van der Waals surface area contributed by atoms with Crippen LogP contribution in [-0.4, -0.2) is 17.6 Å². The molecule has 0 saturated heterocycles. The minimum atomic E-state index is -0.551. The second-order valence-corrected chi connectivity index (χ2v) is 8.70. The highest BCUT2D eigenvalue weighted by atomic mass is 16.5. The van der Waals surface area contributed by atoms with Gasteiger partial charge >= 0.3 is 5.97 Å². The van der Waals surface area contributed by atoms with Gasteiger partial charge in [0.25, 0.3) is 5.91 Å². The van der Waals surface area contributed by atoms with Gasteiger partial charge in [-0.05, 0) is 43.0 Å². The van der Waals surface area contributed by atoms with E-state index in [2.05, 4.69) is 10.5 Å². The number of amides is 1. The summed E-state index contributed by atoms with van der Waals surface area (Å²) in [7, 11) is 0. The number of esters is 1. The van der Waals surface area contributed by atoms with Crippen LogP contribution in [0.5, 0.6) is 5.75 Å². The van der Waals surface area contributed by atoms with Gasteiger partial charge in [-0.2, -0.15) is 5.10 Å². The minimum Gasteiger partial charge on any atom is -0.453 e. The zero-order chi connectivity index (χ0) is 24.9. The van der Waals surface area contributed by atoms with Gasteiger partial charge in [-0.15, -0.1) is 0 Å². The molecule has 0 fully saturated rings. The molecule has 0 spiro atoms. The fourth-order valence-electron chi connectivity index (χ4n) is 4.59. The third-order valence-electron chi connectivity index (χ3n) is 6.29. The fraction of sp³-hybridized carbons (Fsp3) is 0.167. The summed E-state index contributed by atoms with van der Waals surface area (Å²) in [5.74, 6) is 0.0270. The molecule has 0 unspecified atom stereocenters. The summed E-state index contributed by atoms with van der Waals surface area (Å²) in [5, 5.41) is 4.52. The number of aryl methyl sites for hydroxylation is 1. The first-order valence-electron chi connectivity index (χ1n) is 12.0. The van der Waals surface area contributed by atoms with E-state index in [1.807, 2.05) is 73.7 Å². The predicted molar refractivity (Wildman–Crippen MR) is 137 cm³/mol. The molecule has 0 aliphatic heterocycles. The summed E-state index contributed by atoms with van der Waals surface area (Å²) < 4.78 is 11.4. The van der Waals surface area contributed by atoms with Crippen LogP contribution in [0.4, 0.5) is 0 Å². The molecular formula is C30H26N2O4. The van der Waals surface area contributed by atoms with E-state index in [0.717, 1.165) is 23.1 Å². The van der Waals surface area contributed by atoms with Crippen LogP contribution >= 0.6 is 0 Å². The number of hydrogen-bond donors (Lipinski definition) is 1. The van der Waals surface area contributed by atoms with E-state index in [4.69, 9.17) is 9.15 Å². The van der Waals surface area contributed by atoms with Crippen molar-refractivity contribution < 1.29 is 18.7 Å². The van der Waals surface area contributed by atoms with Gasteiger partial charge in [0.15, 0.2) is 0 Å². The highest BCUT2D eigenvalue weighted by molar-refractivity contribution is 6.06. The molecule has 1 aromatic heterocycles. The summed E-state index contributed by atoms with van der Waals surface area (Å²) in [6.45, 7) is 1.82. The quantitative estimate of drug-likeness (QED) is 0.216. The molecule has 5 rings (SSSR count). The first-order valence-corrected chi connectivity index (χ1v) is 12.0. The number of rotatable bonds is 6. The fourth-order valence-corrected chi connectivity index (χ4v) is 4.59. The molecule has 1 amide bonds. The smallest absolute Gasteiger partial charge is 0.379 e. The van der Waals surface area contributed by atoms with Gasteiger partial charge in [0.2, 0.25) is 5.76 Å². The van der Waals surface area contributed by atoms with Crippen LogP contribution < -0.4 is 10.2 Å². The van der Waals surface area contributed by atoms with Gasteiger partial charge in [0.1, 0.15) is 11.5 Å². The molecule has 0 atom stereocenters. The monoisotopic (exact) mass is 478 g/mol. The van der Waals surface area contributed by atoms with Gasteiger partial charge in [-0.3, -0.25) is 4.79 Å². The third-order valence-corrected chi connectivity index (χ3v) is 6.29. The van der Waals surface area contributed by atoms with E-state index in [0.29, 0.717) is 35.6 Å². The van der Waals surface area contributed by atoms with Crippen LogP contribution in [0.1, 0.15) is 57.3 Å². The van der Waals surface area contributed by atoms with Gasteiger partial charge in [0, 0.05) is 17.5 Å². The molecule has 6 heteroatoms. The number of nitrogens with one attached hydrogen (secondary N) is 1. The first-order chi connectivity index (χ1) is 17.6. The van der Waals surface area contributed by atoms with Crippen molar-refractivity contribution in [2.75, 3.05) is 0 Å². The lowest BCUT2D eigenvalue weighted by atomic mass is 9.91. The number of carbonyl (C=O) groups is 2. The van der Waals surface area contributed by atoms with Crippen molar-refractivity contribution in [3.05, 3.63) is 125 Å². The van der Waals surface area contributed by atoms with E-state index >= 15 is 0 Å². The molecule has 0 bridgehead atoms. The third kappa shape index (κ3) is 4.84. The maximum Gasteiger partial charge on any atom is 0.379 e. The number of fused-ring (bicyclic) bond motifs is 1. The SMILES string of the molecule is Cc1c(C(=O)Oc2ccccc2)oc2c1/C(=N/NC(=O)C(c1ccccc1)c1ccccc1)CCC2. The molecule has 180 valence electrons. The molecule has 0 radical (unpaired) electrons. The molecule has 1 aliphatic carbocycles. The van der Waals surface area contributed by atoms with E-state index in [-0.39, 0.29) is 11.7 Å². The van der Waals surface area contributed by atoms with E-state index in [1.165, 1.54) is 0 Å². The van der Waals surface area contributed by atoms with Crippen LogP contribution in [0.2, 0.25) is 0 Å². The Morgan fingerprint density at radius 2 is 1.44 bits per heavy atom. The lowest BCUT2D eigenvalue weighted by Crippen LogP contribution is -2.28. The van der Waals surface area contributed by atoms with E-state index in [1.54, 1.807) is 24.3 Å². The van der Waals surface area contributed by atoms with Crippen LogP contribution in [0.15, 0.2) is 101 Å². The molecular weight excluding hydrogens is 452 g/mol.